The predicted molar refractivity (Wildman–Crippen MR) is 98.3 cm³/mol. The van der Waals surface area contributed by atoms with Crippen LogP contribution < -0.4 is 29.8 Å². The number of hydrogen-bond donors (Lipinski definition) is 1. The molecule has 0 aromatic heterocycles. The van der Waals surface area contributed by atoms with Crippen molar-refractivity contribution in [1.82, 2.24) is 9.88 Å². The van der Waals surface area contributed by atoms with Crippen LogP contribution in [0.4, 0.5) is 0 Å². The summed E-state index contributed by atoms with van der Waals surface area (Å²) in [4.78, 5) is 6.65. The van der Waals surface area contributed by atoms with Gasteiger partial charge in [0, 0.05) is 29.9 Å². The smallest absolute Gasteiger partial charge is 1.00 e. The molecule has 1 aliphatic carbocycles. The van der Waals surface area contributed by atoms with Gasteiger partial charge in [-0.05, 0) is 50.8 Å². The SMILES string of the molecule is CC(C)(C)N[Si](C)(C)C1C(N2CCCC2)=Cc2ccccc21.[Cl-].[Cl-].[Zr+2]. The van der Waals surface area contributed by atoms with E-state index in [4.69, 9.17) is 0 Å². The normalized spacial score (nSPS) is 19.3. The molecule has 1 aliphatic heterocycles. The zero-order chi connectivity index (χ0) is 16.0. The van der Waals surface area contributed by atoms with Crippen LogP contribution in [-0.2, 0) is 26.2 Å². The van der Waals surface area contributed by atoms with E-state index in [1.165, 1.54) is 37.1 Å². The Balaban J connectivity index is 0.00000192. The summed E-state index contributed by atoms with van der Waals surface area (Å²) in [6, 6.07) is 9.00. The first kappa shape index (κ1) is 25.4. The van der Waals surface area contributed by atoms with Crippen LogP contribution in [0.5, 0.6) is 0 Å². The molecule has 1 saturated heterocycles. The fourth-order valence-electron chi connectivity index (χ4n) is 4.35. The Morgan fingerprint density at radius 2 is 1.60 bits per heavy atom. The molecule has 1 aromatic rings. The molecule has 1 N–H and O–H groups in total. The number of fused-ring (bicyclic) bond motifs is 1. The fourth-order valence-corrected chi connectivity index (χ4v) is 8.48. The fraction of sp³-hybridized carbons (Fsp3) is 0.579. The third kappa shape index (κ3) is 5.69. The predicted octanol–water partition coefficient (Wildman–Crippen LogP) is -1.64. The van der Waals surface area contributed by atoms with Crippen LogP contribution >= 0.6 is 0 Å². The number of nitrogens with one attached hydrogen (secondary N) is 1. The van der Waals surface area contributed by atoms with E-state index in [2.05, 4.69) is 74.1 Å². The van der Waals surface area contributed by atoms with Gasteiger partial charge in [-0.15, -0.1) is 0 Å². The van der Waals surface area contributed by atoms with Crippen molar-refractivity contribution >= 4 is 14.3 Å². The molecule has 3 rings (SSSR count). The maximum atomic E-state index is 4.00. The minimum atomic E-state index is -1.65. The average Bonchev–Trinajstić information content (AvgIpc) is 3.03. The number of likely N-dealkylation sites (tertiary alicyclic amines) is 1. The number of halogens is 2. The van der Waals surface area contributed by atoms with Crippen LogP contribution in [0.1, 0.15) is 50.3 Å². The van der Waals surface area contributed by atoms with Gasteiger partial charge < -0.3 is 34.7 Å². The topological polar surface area (TPSA) is 15.3 Å². The summed E-state index contributed by atoms with van der Waals surface area (Å²) in [7, 11) is -1.65. The van der Waals surface area contributed by atoms with Gasteiger partial charge in [0.05, 0.1) is 0 Å². The molecule has 0 spiro atoms. The first-order chi connectivity index (χ1) is 10.3. The van der Waals surface area contributed by atoms with Crippen molar-refractivity contribution in [3.8, 4) is 0 Å². The molecule has 1 atom stereocenters. The first-order valence-electron chi connectivity index (χ1n) is 8.63. The molecule has 25 heavy (non-hydrogen) atoms. The summed E-state index contributed by atoms with van der Waals surface area (Å²) in [6.45, 7) is 14.3. The van der Waals surface area contributed by atoms with Gasteiger partial charge in [0.25, 0.3) is 0 Å². The summed E-state index contributed by atoms with van der Waals surface area (Å²) in [6.07, 6.45) is 5.15. The second-order valence-corrected chi connectivity index (χ2v) is 12.7. The van der Waals surface area contributed by atoms with Crippen molar-refractivity contribution in [2.24, 2.45) is 0 Å². The summed E-state index contributed by atoms with van der Waals surface area (Å²) in [5.74, 6) is 0. The van der Waals surface area contributed by atoms with Gasteiger partial charge in [-0.3, -0.25) is 0 Å². The standard InChI is InChI=1S/C19H30N2Si.2ClH.Zr/c1-19(2,3)20-22(4,5)18-16-11-7-6-10-15(16)14-17(18)21-12-8-9-13-21;;;/h6-7,10-11,14,18,20H,8-9,12-13H2,1-5H3;2*1H;/q;;;+2/p-2. The zero-order valence-corrected chi connectivity index (χ0v) is 21.0. The molecule has 6 heteroatoms. The van der Waals surface area contributed by atoms with Crippen LogP contribution in [-0.4, -0.2) is 31.8 Å². The molecule has 0 saturated carbocycles. The number of rotatable bonds is 3. The summed E-state index contributed by atoms with van der Waals surface area (Å²) in [5.41, 5.74) is 5.29. The van der Waals surface area contributed by atoms with Crippen molar-refractivity contribution in [3.05, 3.63) is 41.1 Å². The molecule has 1 aromatic carbocycles. The number of allylic oxidation sites excluding steroid dienone is 1. The molecule has 138 valence electrons. The monoisotopic (exact) mass is 474 g/mol. The third-order valence-electron chi connectivity index (χ3n) is 4.80. The summed E-state index contributed by atoms with van der Waals surface area (Å²) in [5, 5.41) is 0. The van der Waals surface area contributed by atoms with E-state index in [1.807, 2.05) is 0 Å². The van der Waals surface area contributed by atoms with Crippen LogP contribution in [0.3, 0.4) is 0 Å². The Bertz CT molecular complexity index is 593. The Hall–Kier alpha value is 0.400. The Morgan fingerprint density at radius 1 is 1.04 bits per heavy atom. The molecule has 0 radical (unpaired) electrons. The quantitative estimate of drug-likeness (QED) is 0.527. The molecule has 1 heterocycles. The van der Waals surface area contributed by atoms with Crippen LogP contribution in [0.25, 0.3) is 6.08 Å². The first-order valence-corrected chi connectivity index (χ1v) is 11.7. The van der Waals surface area contributed by atoms with Crippen LogP contribution in [0.2, 0.25) is 13.1 Å². The zero-order valence-electron chi connectivity index (χ0n) is 16.0. The van der Waals surface area contributed by atoms with E-state index < -0.39 is 8.24 Å². The van der Waals surface area contributed by atoms with Crippen molar-refractivity contribution in [1.29, 1.82) is 0 Å². The summed E-state index contributed by atoms with van der Waals surface area (Å²) >= 11 is 0. The maximum Gasteiger partial charge on any atom is 2.00 e. The van der Waals surface area contributed by atoms with E-state index in [0.29, 0.717) is 5.54 Å². The molecule has 0 bridgehead atoms. The van der Waals surface area contributed by atoms with Gasteiger partial charge in [-0.2, -0.15) is 0 Å². The molecular formula is C19H30Cl2N2SiZr. The third-order valence-corrected chi connectivity index (χ3v) is 8.24. The Morgan fingerprint density at radius 3 is 2.16 bits per heavy atom. The molecular weight excluding hydrogens is 446 g/mol. The van der Waals surface area contributed by atoms with E-state index in [9.17, 15) is 0 Å². The minimum absolute atomic E-state index is 0. The van der Waals surface area contributed by atoms with Gasteiger partial charge in [0.15, 0.2) is 0 Å². The van der Waals surface area contributed by atoms with Crippen LogP contribution in [0, 0.1) is 0 Å². The van der Waals surface area contributed by atoms with Gasteiger partial charge in [0.2, 0.25) is 0 Å². The van der Waals surface area contributed by atoms with E-state index in [1.54, 1.807) is 5.70 Å². The van der Waals surface area contributed by atoms with E-state index in [-0.39, 0.29) is 56.6 Å². The van der Waals surface area contributed by atoms with Crippen molar-refractivity contribution in [2.45, 2.75) is 57.8 Å². The van der Waals surface area contributed by atoms with Gasteiger partial charge in [-0.1, -0.05) is 37.4 Å². The number of hydrogen-bond acceptors (Lipinski definition) is 2. The van der Waals surface area contributed by atoms with Gasteiger partial charge in [0.1, 0.15) is 8.24 Å². The molecule has 1 unspecified atom stereocenters. The molecule has 2 aliphatic rings. The van der Waals surface area contributed by atoms with Gasteiger partial charge >= 0.3 is 26.2 Å². The van der Waals surface area contributed by atoms with E-state index in [0.717, 1.165) is 0 Å². The Labute approximate surface area is 186 Å². The largest absolute Gasteiger partial charge is 2.00 e. The Kier molecular flexibility index (Phi) is 9.70. The number of benzene rings is 1. The van der Waals surface area contributed by atoms with Crippen LogP contribution in [0.15, 0.2) is 30.0 Å². The molecule has 0 amide bonds. The maximum absolute atomic E-state index is 4.00. The van der Waals surface area contributed by atoms with Crippen molar-refractivity contribution in [2.75, 3.05) is 13.1 Å². The average molecular weight is 477 g/mol. The second kappa shape index (κ2) is 9.55. The van der Waals surface area contributed by atoms with Crippen molar-refractivity contribution in [3.63, 3.8) is 0 Å². The van der Waals surface area contributed by atoms with Crippen molar-refractivity contribution < 1.29 is 51.0 Å². The molecule has 2 nitrogen and oxygen atoms in total. The van der Waals surface area contributed by atoms with Gasteiger partial charge in [-0.25, -0.2) is 0 Å². The van der Waals surface area contributed by atoms with E-state index >= 15 is 0 Å². The summed E-state index contributed by atoms with van der Waals surface area (Å²) < 4.78 is 0. The molecule has 1 fully saturated rings. The second-order valence-electron chi connectivity index (χ2n) is 8.42. The number of nitrogens with zero attached hydrogens (tertiary/aromatic N) is 1. The minimum Gasteiger partial charge on any atom is -1.00 e.